The molecule has 0 radical (unpaired) electrons. The van der Waals surface area contributed by atoms with Crippen LogP contribution in [-0.2, 0) is 13.1 Å². The quantitative estimate of drug-likeness (QED) is 0.768. The summed E-state index contributed by atoms with van der Waals surface area (Å²) in [4.78, 5) is 2.46. The molecule has 3 heteroatoms. The predicted molar refractivity (Wildman–Crippen MR) is 74.4 cm³/mol. The first-order valence-corrected chi connectivity index (χ1v) is 7.22. The molecule has 1 fully saturated rings. The van der Waals surface area contributed by atoms with Crippen LogP contribution in [0.3, 0.4) is 0 Å². The van der Waals surface area contributed by atoms with E-state index in [2.05, 4.69) is 37.1 Å². The molecule has 0 amide bonds. The van der Waals surface area contributed by atoms with E-state index in [-0.39, 0.29) is 0 Å². The first-order valence-electron chi connectivity index (χ1n) is 7.22. The third-order valence-corrected chi connectivity index (χ3v) is 3.48. The minimum absolute atomic E-state index is 0.572. The van der Waals surface area contributed by atoms with Crippen molar-refractivity contribution in [3.05, 3.63) is 23.7 Å². The van der Waals surface area contributed by atoms with E-state index in [1.807, 2.05) is 6.26 Å². The number of hydrogen-bond acceptors (Lipinski definition) is 3. The molecule has 102 valence electrons. The van der Waals surface area contributed by atoms with E-state index in [1.54, 1.807) is 0 Å². The smallest absolute Gasteiger partial charge is 0.118 e. The lowest BCUT2D eigenvalue weighted by Gasteiger charge is -2.24. The second-order valence-corrected chi connectivity index (χ2v) is 5.64. The standard InChI is InChI=1S/C15H26N2O/c1-4-7-17(12(2)3)10-15-8-13(11-18-15)9-16-14-5-6-14/h8,11-12,14,16H,4-7,9-10H2,1-3H3. The number of nitrogens with one attached hydrogen (secondary N) is 1. The van der Waals surface area contributed by atoms with Gasteiger partial charge in [-0.1, -0.05) is 6.92 Å². The Morgan fingerprint density at radius 2 is 2.22 bits per heavy atom. The van der Waals surface area contributed by atoms with Gasteiger partial charge in [0.05, 0.1) is 12.8 Å². The molecular formula is C15H26N2O. The molecule has 1 aliphatic carbocycles. The molecule has 0 bridgehead atoms. The minimum Gasteiger partial charge on any atom is -0.468 e. The van der Waals surface area contributed by atoms with Crippen molar-refractivity contribution < 1.29 is 4.42 Å². The summed E-state index contributed by atoms with van der Waals surface area (Å²) < 4.78 is 5.66. The highest BCUT2D eigenvalue weighted by Crippen LogP contribution is 2.20. The molecular weight excluding hydrogens is 224 g/mol. The molecule has 1 N–H and O–H groups in total. The summed E-state index contributed by atoms with van der Waals surface area (Å²) in [5, 5.41) is 3.51. The summed E-state index contributed by atoms with van der Waals surface area (Å²) in [6, 6.07) is 3.53. The van der Waals surface area contributed by atoms with Crippen molar-refractivity contribution in [2.75, 3.05) is 6.54 Å². The van der Waals surface area contributed by atoms with Crippen LogP contribution in [0, 0.1) is 0 Å². The molecule has 0 aliphatic heterocycles. The molecule has 0 spiro atoms. The Morgan fingerprint density at radius 1 is 1.44 bits per heavy atom. The van der Waals surface area contributed by atoms with Crippen molar-refractivity contribution >= 4 is 0 Å². The first-order chi connectivity index (χ1) is 8.69. The van der Waals surface area contributed by atoms with Crippen molar-refractivity contribution in [2.45, 2.75) is 65.2 Å². The van der Waals surface area contributed by atoms with E-state index in [1.165, 1.54) is 24.8 Å². The largest absolute Gasteiger partial charge is 0.468 e. The Labute approximate surface area is 111 Å². The Morgan fingerprint density at radius 3 is 2.83 bits per heavy atom. The van der Waals surface area contributed by atoms with Gasteiger partial charge in [0.2, 0.25) is 0 Å². The van der Waals surface area contributed by atoms with Crippen LogP contribution < -0.4 is 5.32 Å². The Balaban J connectivity index is 1.83. The fraction of sp³-hybridized carbons (Fsp3) is 0.733. The number of hydrogen-bond donors (Lipinski definition) is 1. The molecule has 1 saturated carbocycles. The molecule has 1 aromatic heterocycles. The van der Waals surface area contributed by atoms with Gasteiger partial charge in [0.25, 0.3) is 0 Å². The third kappa shape index (κ3) is 4.14. The van der Waals surface area contributed by atoms with E-state index in [0.29, 0.717) is 6.04 Å². The highest BCUT2D eigenvalue weighted by Gasteiger charge is 2.20. The van der Waals surface area contributed by atoms with Gasteiger partial charge in [-0.05, 0) is 45.7 Å². The maximum absolute atomic E-state index is 5.66. The lowest BCUT2D eigenvalue weighted by Crippen LogP contribution is -2.30. The van der Waals surface area contributed by atoms with Gasteiger partial charge in [0.1, 0.15) is 5.76 Å². The molecule has 3 nitrogen and oxygen atoms in total. The van der Waals surface area contributed by atoms with Gasteiger partial charge in [0.15, 0.2) is 0 Å². The monoisotopic (exact) mass is 250 g/mol. The van der Waals surface area contributed by atoms with E-state index in [4.69, 9.17) is 4.42 Å². The average molecular weight is 250 g/mol. The van der Waals surface area contributed by atoms with Crippen LogP contribution in [0.1, 0.15) is 51.4 Å². The SMILES string of the molecule is CCCN(Cc1cc(CNC2CC2)co1)C(C)C. The van der Waals surface area contributed by atoms with Gasteiger partial charge >= 0.3 is 0 Å². The molecule has 1 aliphatic rings. The van der Waals surface area contributed by atoms with Crippen molar-refractivity contribution in [3.8, 4) is 0 Å². The zero-order valence-corrected chi connectivity index (χ0v) is 11.9. The molecule has 2 rings (SSSR count). The van der Waals surface area contributed by atoms with Gasteiger partial charge < -0.3 is 9.73 Å². The normalized spacial score (nSPS) is 15.8. The zero-order chi connectivity index (χ0) is 13.0. The van der Waals surface area contributed by atoms with Gasteiger partial charge in [-0.25, -0.2) is 0 Å². The third-order valence-electron chi connectivity index (χ3n) is 3.48. The summed E-state index contributed by atoms with van der Waals surface area (Å²) in [5.41, 5.74) is 1.28. The second kappa shape index (κ2) is 6.39. The van der Waals surface area contributed by atoms with Crippen molar-refractivity contribution in [1.82, 2.24) is 10.2 Å². The van der Waals surface area contributed by atoms with E-state index in [0.717, 1.165) is 31.4 Å². The molecule has 1 aromatic rings. The van der Waals surface area contributed by atoms with Crippen LogP contribution >= 0.6 is 0 Å². The zero-order valence-electron chi connectivity index (χ0n) is 11.9. The molecule has 0 unspecified atom stereocenters. The average Bonchev–Trinajstić information content (AvgIpc) is 3.06. The molecule has 0 saturated heterocycles. The van der Waals surface area contributed by atoms with E-state index in [9.17, 15) is 0 Å². The first kappa shape index (κ1) is 13.6. The topological polar surface area (TPSA) is 28.4 Å². The highest BCUT2D eigenvalue weighted by molar-refractivity contribution is 5.13. The van der Waals surface area contributed by atoms with E-state index < -0.39 is 0 Å². The molecule has 0 aromatic carbocycles. The van der Waals surface area contributed by atoms with Crippen LogP contribution in [0.15, 0.2) is 16.7 Å². The Kier molecular flexibility index (Phi) is 4.84. The number of furan rings is 1. The second-order valence-electron chi connectivity index (χ2n) is 5.64. The minimum atomic E-state index is 0.572. The fourth-order valence-electron chi connectivity index (χ4n) is 2.16. The maximum atomic E-state index is 5.66. The molecule has 1 heterocycles. The van der Waals surface area contributed by atoms with Crippen LogP contribution in [0.5, 0.6) is 0 Å². The lowest BCUT2D eigenvalue weighted by atomic mass is 10.2. The van der Waals surface area contributed by atoms with Gasteiger partial charge in [0, 0.05) is 24.2 Å². The number of rotatable bonds is 8. The molecule has 18 heavy (non-hydrogen) atoms. The van der Waals surface area contributed by atoms with Gasteiger partial charge in [-0.15, -0.1) is 0 Å². The predicted octanol–water partition coefficient (Wildman–Crippen LogP) is 3.15. The van der Waals surface area contributed by atoms with Gasteiger partial charge in [-0.3, -0.25) is 4.90 Å². The Bertz CT molecular complexity index is 355. The lowest BCUT2D eigenvalue weighted by molar-refractivity contribution is 0.197. The summed E-state index contributed by atoms with van der Waals surface area (Å²) >= 11 is 0. The van der Waals surface area contributed by atoms with E-state index >= 15 is 0 Å². The van der Waals surface area contributed by atoms with Crippen molar-refractivity contribution in [1.29, 1.82) is 0 Å². The number of nitrogens with zero attached hydrogens (tertiary/aromatic N) is 1. The highest BCUT2D eigenvalue weighted by atomic mass is 16.3. The van der Waals surface area contributed by atoms with Crippen LogP contribution in [0.25, 0.3) is 0 Å². The maximum Gasteiger partial charge on any atom is 0.118 e. The van der Waals surface area contributed by atoms with Crippen molar-refractivity contribution in [2.24, 2.45) is 0 Å². The van der Waals surface area contributed by atoms with Crippen molar-refractivity contribution in [3.63, 3.8) is 0 Å². The fourth-order valence-corrected chi connectivity index (χ4v) is 2.16. The Hall–Kier alpha value is -0.800. The summed E-state index contributed by atoms with van der Waals surface area (Å²) in [6.45, 7) is 9.72. The summed E-state index contributed by atoms with van der Waals surface area (Å²) in [5.74, 6) is 1.09. The van der Waals surface area contributed by atoms with Crippen LogP contribution in [0.4, 0.5) is 0 Å². The van der Waals surface area contributed by atoms with Gasteiger partial charge in [-0.2, -0.15) is 0 Å². The van der Waals surface area contributed by atoms with Crippen LogP contribution in [0.2, 0.25) is 0 Å². The molecule has 0 atom stereocenters. The summed E-state index contributed by atoms with van der Waals surface area (Å²) in [7, 11) is 0. The van der Waals surface area contributed by atoms with Crippen LogP contribution in [-0.4, -0.2) is 23.5 Å². The summed E-state index contributed by atoms with van der Waals surface area (Å²) in [6.07, 6.45) is 5.76.